The molecule has 4 aromatic carbocycles. The number of aromatic nitrogens is 4. The molecule has 71 heavy (non-hydrogen) atoms. The number of H-pyrrole nitrogens is 1. The van der Waals surface area contributed by atoms with Crippen molar-refractivity contribution in [2.24, 2.45) is 0 Å². The normalized spacial score (nSPS) is 20.4. The second-order valence-corrected chi connectivity index (χ2v) is 22.6. The van der Waals surface area contributed by atoms with E-state index in [2.05, 4.69) is 15.3 Å². The van der Waals surface area contributed by atoms with E-state index in [1.807, 2.05) is 107 Å². The van der Waals surface area contributed by atoms with E-state index >= 15 is 0 Å². The van der Waals surface area contributed by atoms with Gasteiger partial charge in [0.25, 0.3) is 11.5 Å². The van der Waals surface area contributed by atoms with Gasteiger partial charge in [-0.3, -0.25) is 23.7 Å². The number of carbonyl (C=O) groups is 1. The van der Waals surface area contributed by atoms with Gasteiger partial charge in [0.1, 0.15) is 47.6 Å². The predicted octanol–water partition coefficient (Wildman–Crippen LogP) is 6.98. The summed E-state index contributed by atoms with van der Waals surface area (Å²) in [5, 5.41) is 13.4. The summed E-state index contributed by atoms with van der Waals surface area (Å²) in [4.78, 5) is 58.9. The minimum absolute atomic E-state index is 0.0442. The maximum atomic E-state index is 13.5. The van der Waals surface area contributed by atoms with Crippen molar-refractivity contribution in [2.45, 2.75) is 101 Å². The summed E-state index contributed by atoms with van der Waals surface area (Å²) >= 11 is 0. The number of hydrogen-bond donors (Lipinski definition) is 3. The van der Waals surface area contributed by atoms with E-state index < -0.39 is 80.5 Å². The van der Waals surface area contributed by atoms with Crippen LogP contribution in [0.3, 0.4) is 0 Å². The van der Waals surface area contributed by atoms with Crippen molar-refractivity contribution in [3.05, 3.63) is 187 Å². The summed E-state index contributed by atoms with van der Waals surface area (Å²) in [5.74, 6) is 0.996. The molecule has 2 saturated heterocycles. The molecule has 374 valence electrons. The number of aliphatic hydroxyl groups excluding tert-OH is 1. The summed E-state index contributed by atoms with van der Waals surface area (Å²) in [6, 6.07) is 35.3. The van der Waals surface area contributed by atoms with Gasteiger partial charge in [0.15, 0.2) is 0 Å². The van der Waals surface area contributed by atoms with Crippen LogP contribution in [-0.2, 0) is 28.7 Å². The fourth-order valence-electron chi connectivity index (χ4n) is 9.58. The Bertz CT molecular complexity index is 2870. The van der Waals surface area contributed by atoms with Crippen LogP contribution in [0.2, 0.25) is 11.1 Å². The van der Waals surface area contributed by atoms with Crippen molar-refractivity contribution in [3.63, 3.8) is 0 Å². The van der Waals surface area contributed by atoms with E-state index in [0.29, 0.717) is 22.6 Å². The molecule has 4 heterocycles. The number of methoxy groups -OCH3 is 2. The second-order valence-electron chi connectivity index (χ2n) is 18.4. The lowest BCUT2D eigenvalue weighted by Crippen LogP contribution is -2.55. The maximum absolute atomic E-state index is 13.5. The number of anilines is 1. The number of aliphatic hydroxyl groups is 1. The highest BCUT2D eigenvalue weighted by Crippen LogP contribution is 2.46. The Labute approximate surface area is 412 Å². The van der Waals surface area contributed by atoms with Crippen LogP contribution < -0.4 is 31.7 Å². The highest BCUT2D eigenvalue weighted by atomic mass is 28.4. The van der Waals surface area contributed by atoms with Gasteiger partial charge in [-0.2, -0.15) is 4.98 Å². The van der Waals surface area contributed by atoms with E-state index in [-0.39, 0.29) is 36.3 Å². The van der Waals surface area contributed by atoms with Crippen molar-refractivity contribution < 1.29 is 42.4 Å². The molecule has 2 aromatic heterocycles. The van der Waals surface area contributed by atoms with Gasteiger partial charge < -0.3 is 43.0 Å². The summed E-state index contributed by atoms with van der Waals surface area (Å²) in [6.07, 6.45) is -1.49. The molecule has 1 amide bonds. The molecule has 0 bridgehead atoms. The van der Waals surface area contributed by atoms with Gasteiger partial charge in [-0.05, 0) is 77.2 Å². The van der Waals surface area contributed by atoms with Crippen molar-refractivity contribution in [2.75, 3.05) is 32.8 Å². The third-order valence-electron chi connectivity index (χ3n) is 13.3. The number of nitrogens with one attached hydrogen (secondary N) is 2. The number of ether oxygens (including phenoxy) is 5. The molecule has 2 fully saturated rings. The van der Waals surface area contributed by atoms with Gasteiger partial charge >= 0.3 is 19.9 Å². The van der Waals surface area contributed by atoms with Crippen molar-refractivity contribution in [1.82, 2.24) is 19.1 Å². The van der Waals surface area contributed by atoms with Gasteiger partial charge in [-0.25, -0.2) is 9.59 Å². The average molecular weight is 988 g/mol. The van der Waals surface area contributed by atoms with E-state index in [0.717, 1.165) is 16.7 Å². The van der Waals surface area contributed by atoms with Crippen LogP contribution in [0.15, 0.2) is 142 Å². The second kappa shape index (κ2) is 21.9. The molecule has 6 atom stereocenters. The number of amides is 1. The number of benzene rings is 4. The molecule has 6 aromatic rings. The Morgan fingerprint density at radius 3 is 1.82 bits per heavy atom. The van der Waals surface area contributed by atoms with Crippen molar-refractivity contribution in [3.8, 4) is 11.5 Å². The summed E-state index contributed by atoms with van der Waals surface area (Å²) < 4.78 is 49.1. The third-order valence-corrected chi connectivity index (χ3v) is 17.9. The topological polar surface area (TPSA) is 204 Å². The van der Waals surface area contributed by atoms with Crippen molar-refractivity contribution in [1.29, 1.82) is 0 Å². The summed E-state index contributed by atoms with van der Waals surface area (Å²) in [7, 11) is -0.263. The highest BCUT2D eigenvalue weighted by Gasteiger charge is 2.54. The number of carbonyl (C=O) groups excluding carboxylic acids is 1. The number of aromatic amines is 1. The van der Waals surface area contributed by atoms with Crippen LogP contribution in [0, 0.1) is 6.92 Å². The van der Waals surface area contributed by atoms with Crippen LogP contribution in [0.25, 0.3) is 0 Å². The first-order valence-electron chi connectivity index (χ1n) is 23.7. The van der Waals surface area contributed by atoms with Crippen molar-refractivity contribution >= 4 is 20.3 Å². The molecule has 0 spiro atoms. The molecular weight excluding hydrogens is 927 g/mol. The van der Waals surface area contributed by atoms with Gasteiger partial charge in [0.2, 0.25) is 0 Å². The Morgan fingerprint density at radius 2 is 1.28 bits per heavy atom. The SMILES string of the molecule is COc1ccc(C(OC[C@H]2O[C@@H](n3cc(C)c(=O)[nH]c3=O)C[C@@H]2O[Si](O[C@@H]2C[C@@H](n3ccc(NC(=O)c4ccccc4)nc3=O)O[C@H]2CO)(C(C)C)C(C)C)(c2ccccc2)c2ccc(OC)cc2)cc1. The smallest absolute Gasteiger partial charge is 0.351 e. The highest BCUT2D eigenvalue weighted by molar-refractivity contribution is 6.70. The largest absolute Gasteiger partial charge is 0.497 e. The van der Waals surface area contributed by atoms with Gasteiger partial charge in [-0.1, -0.05) is 100 Å². The molecule has 3 N–H and O–H groups in total. The Morgan fingerprint density at radius 1 is 0.761 bits per heavy atom. The zero-order valence-corrected chi connectivity index (χ0v) is 41.9. The molecule has 0 radical (unpaired) electrons. The van der Waals surface area contributed by atoms with E-state index in [9.17, 15) is 24.3 Å². The average Bonchev–Trinajstić information content (AvgIpc) is 3.98. The fraction of sp³-hybridized carbons (Fsp3) is 0.377. The van der Waals surface area contributed by atoms with Gasteiger partial charge in [0, 0.05) is 36.4 Å². The van der Waals surface area contributed by atoms with Crippen LogP contribution in [0.5, 0.6) is 11.5 Å². The quantitative estimate of drug-likeness (QED) is 0.0555. The zero-order valence-electron chi connectivity index (χ0n) is 40.9. The predicted molar refractivity (Wildman–Crippen MR) is 267 cm³/mol. The van der Waals surface area contributed by atoms with Crippen LogP contribution in [0.4, 0.5) is 5.82 Å². The van der Waals surface area contributed by atoms with Crippen LogP contribution in [0.1, 0.15) is 85.6 Å². The van der Waals surface area contributed by atoms with E-state index in [4.69, 9.17) is 32.5 Å². The lowest BCUT2D eigenvalue weighted by Gasteiger charge is -2.43. The first kappa shape index (κ1) is 50.9. The molecule has 17 nitrogen and oxygen atoms in total. The molecule has 0 unspecified atom stereocenters. The standard InChI is InChI=1S/C53H61N5O12Si/c1-33(2)71(34(3)4,69-42-28-47(67-44(42)31-59)57-27-26-46(55-51(57)62)54-50(61)36-14-10-8-11-15-36)70-43-29-48(58-30-35(5)49(60)56-52(58)63)68-45(43)32-66-53(37-16-12-9-13-17-37,38-18-22-40(64-6)23-19-38)39-20-24-41(65-7)25-21-39/h8-27,30,33-34,42-45,47-48,59H,28-29,31-32H2,1-7H3,(H,56,60,63)(H,54,55,61,62)/t42-,43+,44+,45-,47+,48-/m1/s1. The molecule has 18 heteroatoms. The van der Waals surface area contributed by atoms with E-state index in [1.54, 1.807) is 51.5 Å². The molecule has 8 rings (SSSR count). The monoisotopic (exact) mass is 987 g/mol. The molecule has 2 aliphatic heterocycles. The minimum atomic E-state index is -3.49. The summed E-state index contributed by atoms with van der Waals surface area (Å²) in [5.41, 5.74) is -0.199. The molecule has 0 aliphatic carbocycles. The van der Waals surface area contributed by atoms with Gasteiger partial charge in [-0.15, -0.1) is 0 Å². The third kappa shape index (κ3) is 10.6. The fourth-order valence-corrected chi connectivity index (χ4v) is 13.5. The number of nitrogens with zero attached hydrogens (tertiary/aromatic N) is 3. The van der Waals surface area contributed by atoms with Gasteiger partial charge in [0.05, 0.1) is 39.6 Å². The zero-order chi connectivity index (χ0) is 50.5. The van der Waals surface area contributed by atoms with E-state index in [1.165, 1.54) is 27.6 Å². The summed E-state index contributed by atoms with van der Waals surface area (Å²) in [6.45, 7) is 9.31. The number of rotatable bonds is 19. The molecule has 0 saturated carbocycles. The first-order valence-corrected chi connectivity index (χ1v) is 25.7. The van der Waals surface area contributed by atoms with Crippen LogP contribution in [-0.4, -0.2) is 90.5 Å². The first-order chi connectivity index (χ1) is 34.2. The lowest BCUT2D eigenvalue weighted by molar-refractivity contribution is -0.0974. The van der Waals surface area contributed by atoms with Crippen LogP contribution >= 0.6 is 0 Å². The minimum Gasteiger partial charge on any atom is -0.497 e. The number of aryl methyl sites for hydroxylation is 1. The number of hydrogen-bond acceptors (Lipinski definition) is 13. The lowest BCUT2D eigenvalue weighted by atomic mass is 9.80. The molecular formula is C53H61N5O12Si. The Balaban J connectivity index is 1.13. The Kier molecular flexibility index (Phi) is 15.7. The maximum Gasteiger partial charge on any atom is 0.351 e. The Hall–Kier alpha value is -6.51. The molecule has 2 aliphatic rings.